The average Bonchev–Trinajstić information content (AvgIpc) is 3.09. The summed E-state index contributed by atoms with van der Waals surface area (Å²) in [7, 11) is -1.90. The molecule has 24 heavy (non-hydrogen) atoms. The number of sulfonamides is 1. The standard InChI is InChI=1S/C15H22N2O5S2/c1-3-22-13(18)11-16(2)15(19)12-6-8-17(9-7-12)24(20,21)14-5-4-10-23-14/h4-5,10,12H,3,6-9,11H2,1-2H3. The highest BCUT2D eigenvalue weighted by Crippen LogP contribution is 2.27. The van der Waals surface area contributed by atoms with Crippen LogP contribution in [0.4, 0.5) is 0 Å². The van der Waals surface area contributed by atoms with Crippen molar-refractivity contribution in [1.29, 1.82) is 0 Å². The molecule has 0 spiro atoms. The van der Waals surface area contributed by atoms with E-state index in [1.165, 1.54) is 20.5 Å². The van der Waals surface area contributed by atoms with Crippen molar-refractivity contribution >= 4 is 33.2 Å². The van der Waals surface area contributed by atoms with Gasteiger partial charge in [-0.2, -0.15) is 4.31 Å². The summed E-state index contributed by atoms with van der Waals surface area (Å²) in [4.78, 5) is 25.2. The van der Waals surface area contributed by atoms with Gasteiger partial charge in [0.15, 0.2) is 0 Å². The van der Waals surface area contributed by atoms with Crippen molar-refractivity contribution in [2.45, 2.75) is 24.0 Å². The van der Waals surface area contributed by atoms with E-state index in [4.69, 9.17) is 4.74 Å². The van der Waals surface area contributed by atoms with E-state index in [1.807, 2.05) is 0 Å². The molecule has 1 aromatic heterocycles. The number of carbonyl (C=O) groups is 2. The Morgan fingerprint density at radius 1 is 1.38 bits per heavy atom. The second-order valence-electron chi connectivity index (χ2n) is 5.61. The lowest BCUT2D eigenvalue weighted by Gasteiger charge is -2.32. The Bertz CT molecular complexity index is 664. The van der Waals surface area contributed by atoms with E-state index in [1.54, 1.807) is 31.5 Å². The molecular formula is C15H22N2O5S2. The molecule has 1 aliphatic rings. The number of hydrogen-bond donors (Lipinski definition) is 0. The molecule has 1 aliphatic heterocycles. The van der Waals surface area contributed by atoms with Gasteiger partial charge in [0.25, 0.3) is 10.0 Å². The summed E-state index contributed by atoms with van der Waals surface area (Å²) in [6.45, 7) is 2.53. The van der Waals surface area contributed by atoms with Crippen LogP contribution in [0.2, 0.25) is 0 Å². The molecule has 9 heteroatoms. The van der Waals surface area contributed by atoms with Crippen molar-refractivity contribution in [3.63, 3.8) is 0 Å². The molecule has 1 amide bonds. The Morgan fingerprint density at radius 3 is 2.58 bits per heavy atom. The van der Waals surface area contributed by atoms with E-state index in [2.05, 4.69) is 0 Å². The Morgan fingerprint density at radius 2 is 2.04 bits per heavy atom. The molecule has 0 unspecified atom stereocenters. The van der Waals surface area contributed by atoms with E-state index < -0.39 is 16.0 Å². The fourth-order valence-corrected chi connectivity index (χ4v) is 5.28. The summed E-state index contributed by atoms with van der Waals surface area (Å²) in [6.07, 6.45) is 0.910. The van der Waals surface area contributed by atoms with Gasteiger partial charge in [0.2, 0.25) is 5.91 Å². The second kappa shape index (κ2) is 8.09. The number of esters is 1. The smallest absolute Gasteiger partial charge is 0.325 e. The van der Waals surface area contributed by atoms with Gasteiger partial charge < -0.3 is 9.64 Å². The van der Waals surface area contributed by atoms with Crippen LogP contribution in [0.15, 0.2) is 21.7 Å². The molecule has 7 nitrogen and oxygen atoms in total. The highest BCUT2D eigenvalue weighted by molar-refractivity contribution is 7.91. The number of nitrogens with zero attached hydrogens (tertiary/aromatic N) is 2. The second-order valence-corrected chi connectivity index (χ2v) is 8.72. The molecule has 0 aliphatic carbocycles. The number of rotatable bonds is 6. The number of hydrogen-bond acceptors (Lipinski definition) is 6. The maximum Gasteiger partial charge on any atom is 0.325 e. The Hall–Kier alpha value is -1.45. The monoisotopic (exact) mass is 374 g/mol. The van der Waals surface area contributed by atoms with Crippen LogP contribution in [0.1, 0.15) is 19.8 Å². The van der Waals surface area contributed by atoms with E-state index in [-0.39, 0.29) is 25.0 Å². The first kappa shape index (κ1) is 18.9. The van der Waals surface area contributed by atoms with Crippen LogP contribution >= 0.6 is 11.3 Å². The zero-order valence-electron chi connectivity index (χ0n) is 13.8. The van der Waals surface area contributed by atoms with Crippen molar-refractivity contribution in [3.05, 3.63) is 17.5 Å². The quantitative estimate of drug-likeness (QED) is 0.698. The molecule has 0 bridgehead atoms. The number of ether oxygens (including phenoxy) is 1. The van der Waals surface area contributed by atoms with Crippen molar-refractivity contribution < 1.29 is 22.7 Å². The van der Waals surface area contributed by atoms with Crippen LogP contribution in [0.3, 0.4) is 0 Å². The van der Waals surface area contributed by atoms with Gasteiger partial charge in [0, 0.05) is 26.1 Å². The largest absolute Gasteiger partial charge is 0.465 e. The fraction of sp³-hybridized carbons (Fsp3) is 0.600. The minimum atomic E-state index is -3.46. The van der Waals surface area contributed by atoms with Crippen LogP contribution < -0.4 is 0 Å². The zero-order chi connectivity index (χ0) is 17.7. The average molecular weight is 374 g/mol. The normalized spacial score (nSPS) is 16.8. The molecule has 1 saturated heterocycles. The third-order valence-electron chi connectivity index (χ3n) is 3.94. The van der Waals surface area contributed by atoms with Gasteiger partial charge in [-0.3, -0.25) is 9.59 Å². The van der Waals surface area contributed by atoms with E-state index in [0.29, 0.717) is 30.1 Å². The lowest BCUT2D eigenvalue weighted by atomic mass is 9.97. The number of piperidine rings is 1. The lowest BCUT2D eigenvalue weighted by Crippen LogP contribution is -2.44. The molecule has 1 fully saturated rings. The summed E-state index contributed by atoms with van der Waals surface area (Å²) in [5, 5.41) is 1.73. The minimum absolute atomic E-state index is 0.0830. The van der Waals surface area contributed by atoms with Crippen LogP contribution in [0.25, 0.3) is 0 Å². The van der Waals surface area contributed by atoms with Crippen LogP contribution in [-0.2, 0) is 24.3 Å². The van der Waals surface area contributed by atoms with Crippen molar-refractivity contribution in [2.75, 3.05) is 33.3 Å². The van der Waals surface area contributed by atoms with Gasteiger partial charge in [-0.25, -0.2) is 8.42 Å². The van der Waals surface area contributed by atoms with Gasteiger partial charge >= 0.3 is 5.97 Å². The van der Waals surface area contributed by atoms with E-state index >= 15 is 0 Å². The van der Waals surface area contributed by atoms with Crippen LogP contribution in [0.5, 0.6) is 0 Å². The number of amides is 1. The molecule has 0 saturated carbocycles. The molecule has 134 valence electrons. The maximum atomic E-state index is 12.5. The Labute approximate surface area is 146 Å². The topological polar surface area (TPSA) is 84.0 Å². The maximum absolute atomic E-state index is 12.5. The summed E-state index contributed by atoms with van der Waals surface area (Å²) in [5.41, 5.74) is 0. The van der Waals surface area contributed by atoms with Gasteiger partial charge in [0.05, 0.1) is 6.61 Å². The Kier molecular flexibility index (Phi) is 6.36. The Balaban J connectivity index is 1.90. The molecule has 0 N–H and O–H groups in total. The highest BCUT2D eigenvalue weighted by Gasteiger charge is 2.33. The SMILES string of the molecule is CCOC(=O)CN(C)C(=O)C1CCN(S(=O)(=O)c2cccs2)CC1. The third-order valence-corrected chi connectivity index (χ3v) is 7.21. The number of thiophene rings is 1. The molecule has 1 aromatic rings. The minimum Gasteiger partial charge on any atom is -0.465 e. The third kappa shape index (κ3) is 4.34. The fourth-order valence-electron chi connectivity index (χ4n) is 2.67. The molecule has 0 radical (unpaired) electrons. The van der Waals surface area contributed by atoms with Gasteiger partial charge in [-0.15, -0.1) is 11.3 Å². The van der Waals surface area contributed by atoms with Crippen LogP contribution in [-0.4, -0.2) is 62.8 Å². The first-order valence-electron chi connectivity index (χ1n) is 7.80. The summed E-state index contributed by atoms with van der Waals surface area (Å²) in [6, 6.07) is 3.29. The summed E-state index contributed by atoms with van der Waals surface area (Å²) >= 11 is 1.19. The van der Waals surface area contributed by atoms with Gasteiger partial charge in [-0.05, 0) is 31.2 Å². The zero-order valence-corrected chi connectivity index (χ0v) is 15.4. The lowest BCUT2D eigenvalue weighted by molar-refractivity contribution is -0.149. The molecule has 2 heterocycles. The molecular weight excluding hydrogens is 352 g/mol. The van der Waals surface area contributed by atoms with E-state index in [9.17, 15) is 18.0 Å². The van der Waals surface area contributed by atoms with Crippen molar-refractivity contribution in [3.8, 4) is 0 Å². The highest BCUT2D eigenvalue weighted by atomic mass is 32.2. The van der Waals surface area contributed by atoms with Crippen LogP contribution in [0, 0.1) is 5.92 Å². The molecule has 2 rings (SSSR count). The predicted molar refractivity (Wildman–Crippen MR) is 90.1 cm³/mol. The van der Waals surface area contributed by atoms with E-state index in [0.717, 1.165) is 0 Å². The van der Waals surface area contributed by atoms with Gasteiger partial charge in [-0.1, -0.05) is 6.07 Å². The summed E-state index contributed by atoms with van der Waals surface area (Å²) in [5.74, 6) is -0.846. The summed E-state index contributed by atoms with van der Waals surface area (Å²) < 4.78 is 31.5. The molecule has 0 atom stereocenters. The predicted octanol–water partition coefficient (Wildman–Crippen LogP) is 1.17. The molecule has 0 aromatic carbocycles. The van der Waals surface area contributed by atoms with Crippen molar-refractivity contribution in [1.82, 2.24) is 9.21 Å². The first-order valence-corrected chi connectivity index (χ1v) is 10.1. The first-order chi connectivity index (χ1) is 11.4. The van der Waals surface area contributed by atoms with Crippen molar-refractivity contribution in [2.24, 2.45) is 5.92 Å². The van der Waals surface area contributed by atoms with Gasteiger partial charge in [0.1, 0.15) is 10.8 Å². The number of carbonyl (C=O) groups excluding carboxylic acids is 2. The number of likely N-dealkylation sites (N-methyl/N-ethyl adjacent to an activating group) is 1.